The number of hydrogen-bond acceptors (Lipinski definition) is 3. The van der Waals surface area contributed by atoms with Crippen LogP contribution in [-0.4, -0.2) is 33.9 Å². The molecule has 0 radical (unpaired) electrons. The van der Waals surface area contributed by atoms with Crippen molar-refractivity contribution in [1.82, 2.24) is 5.32 Å². The van der Waals surface area contributed by atoms with Crippen LogP contribution in [0.5, 0.6) is 0 Å². The second kappa shape index (κ2) is 6.51. The van der Waals surface area contributed by atoms with Gasteiger partial charge < -0.3 is 15.0 Å². The molecule has 0 bridgehead atoms. The summed E-state index contributed by atoms with van der Waals surface area (Å²) in [7, 11) is 5.79. The van der Waals surface area contributed by atoms with Gasteiger partial charge in [0.1, 0.15) is 0 Å². The molecule has 0 spiro atoms. The van der Waals surface area contributed by atoms with Crippen LogP contribution in [0.15, 0.2) is 24.3 Å². The molecule has 0 heterocycles. The average Bonchev–Trinajstić information content (AvgIpc) is 2.30. The summed E-state index contributed by atoms with van der Waals surface area (Å²) in [4.78, 5) is 2.23. The van der Waals surface area contributed by atoms with E-state index in [4.69, 9.17) is 4.74 Å². The van der Waals surface area contributed by atoms with Crippen molar-refractivity contribution in [3.63, 3.8) is 0 Å². The minimum atomic E-state index is 0.389. The largest absolute Gasteiger partial charge is 0.383 e. The average molecular weight is 222 g/mol. The van der Waals surface area contributed by atoms with Crippen LogP contribution in [0.1, 0.15) is 12.5 Å². The summed E-state index contributed by atoms with van der Waals surface area (Å²) in [5.74, 6) is 0. The Balaban J connectivity index is 2.65. The highest BCUT2D eigenvalue weighted by atomic mass is 16.5. The van der Waals surface area contributed by atoms with Crippen LogP contribution < -0.4 is 10.2 Å². The molecule has 1 atom stereocenters. The van der Waals surface area contributed by atoms with E-state index < -0.39 is 0 Å². The van der Waals surface area contributed by atoms with Gasteiger partial charge in [-0.15, -0.1) is 0 Å². The van der Waals surface area contributed by atoms with Gasteiger partial charge in [0.05, 0.1) is 6.61 Å². The predicted octanol–water partition coefficient (Wildman–Crippen LogP) is 1.88. The highest BCUT2D eigenvalue weighted by Gasteiger charge is 2.08. The number of likely N-dealkylation sites (N-methyl/N-ethyl adjacent to an activating group) is 1. The third-order valence-electron chi connectivity index (χ3n) is 2.79. The van der Waals surface area contributed by atoms with Crippen LogP contribution in [0.2, 0.25) is 0 Å². The molecule has 1 aromatic rings. The number of ether oxygens (including phenoxy) is 1. The number of rotatable bonds is 6. The first-order valence-electron chi connectivity index (χ1n) is 5.64. The maximum atomic E-state index is 5.16. The molecule has 1 rings (SSSR count). The van der Waals surface area contributed by atoms with Crippen molar-refractivity contribution < 1.29 is 4.74 Å². The van der Waals surface area contributed by atoms with Gasteiger partial charge in [-0.05, 0) is 31.7 Å². The van der Waals surface area contributed by atoms with Gasteiger partial charge in [0.25, 0.3) is 0 Å². The first-order chi connectivity index (χ1) is 7.69. The van der Waals surface area contributed by atoms with Crippen LogP contribution in [0.25, 0.3) is 0 Å². The molecule has 3 nitrogen and oxygen atoms in total. The first-order valence-corrected chi connectivity index (χ1v) is 5.64. The molecule has 0 aliphatic heterocycles. The zero-order chi connectivity index (χ0) is 12.0. The zero-order valence-electron chi connectivity index (χ0n) is 10.7. The summed E-state index contributed by atoms with van der Waals surface area (Å²) < 4.78 is 5.16. The summed E-state index contributed by atoms with van der Waals surface area (Å²) in [6, 6.07) is 9.00. The number of nitrogens with one attached hydrogen (secondary N) is 1. The Morgan fingerprint density at radius 2 is 1.94 bits per heavy atom. The van der Waals surface area contributed by atoms with Crippen molar-refractivity contribution in [2.75, 3.05) is 32.7 Å². The van der Waals surface area contributed by atoms with Gasteiger partial charge in [0.2, 0.25) is 0 Å². The van der Waals surface area contributed by atoms with Gasteiger partial charge in [0.15, 0.2) is 0 Å². The Kier molecular flexibility index (Phi) is 5.29. The lowest BCUT2D eigenvalue weighted by atomic mass is 10.2. The molecule has 0 amide bonds. The highest BCUT2D eigenvalue weighted by molar-refractivity contribution is 5.47. The minimum Gasteiger partial charge on any atom is -0.383 e. The molecule has 90 valence electrons. The fourth-order valence-electron chi connectivity index (χ4n) is 1.66. The standard InChI is InChI=1S/C13H22N2O/c1-11(10-16-4)15(3)13-7-5-12(6-8-13)9-14-2/h5-8,11,14H,9-10H2,1-4H3. The van der Waals surface area contributed by atoms with E-state index in [1.54, 1.807) is 7.11 Å². The Hall–Kier alpha value is -1.06. The minimum absolute atomic E-state index is 0.389. The molecular formula is C13H22N2O. The van der Waals surface area contributed by atoms with Crippen LogP contribution in [-0.2, 0) is 11.3 Å². The molecule has 0 aliphatic rings. The second-order valence-electron chi connectivity index (χ2n) is 4.11. The Morgan fingerprint density at radius 3 is 2.44 bits per heavy atom. The molecule has 0 aliphatic carbocycles. The fourth-order valence-corrected chi connectivity index (χ4v) is 1.66. The summed E-state index contributed by atoms with van der Waals surface area (Å²) in [5, 5.41) is 3.14. The number of benzene rings is 1. The highest BCUT2D eigenvalue weighted by Crippen LogP contribution is 2.16. The van der Waals surface area contributed by atoms with Gasteiger partial charge in [0, 0.05) is 32.4 Å². The summed E-state index contributed by atoms with van der Waals surface area (Å²) >= 11 is 0. The van der Waals surface area contributed by atoms with Crippen LogP contribution in [0.3, 0.4) is 0 Å². The number of anilines is 1. The van der Waals surface area contributed by atoms with E-state index in [2.05, 4.69) is 48.5 Å². The quantitative estimate of drug-likeness (QED) is 0.795. The number of methoxy groups -OCH3 is 1. The lowest BCUT2D eigenvalue weighted by Gasteiger charge is -2.26. The molecule has 0 saturated heterocycles. The number of hydrogen-bond donors (Lipinski definition) is 1. The smallest absolute Gasteiger partial charge is 0.0663 e. The monoisotopic (exact) mass is 222 g/mol. The normalized spacial score (nSPS) is 12.5. The van der Waals surface area contributed by atoms with Crippen LogP contribution >= 0.6 is 0 Å². The summed E-state index contributed by atoms with van der Waals surface area (Å²) in [6.07, 6.45) is 0. The van der Waals surface area contributed by atoms with Crippen LogP contribution in [0, 0.1) is 0 Å². The van der Waals surface area contributed by atoms with E-state index in [1.807, 2.05) is 7.05 Å². The molecule has 1 N–H and O–H groups in total. The molecule has 0 saturated carbocycles. The van der Waals surface area contributed by atoms with Crippen molar-refractivity contribution in [2.45, 2.75) is 19.5 Å². The maximum absolute atomic E-state index is 5.16. The van der Waals surface area contributed by atoms with Crippen molar-refractivity contribution in [2.24, 2.45) is 0 Å². The van der Waals surface area contributed by atoms with E-state index >= 15 is 0 Å². The van der Waals surface area contributed by atoms with Crippen molar-refractivity contribution in [1.29, 1.82) is 0 Å². The molecule has 0 aromatic heterocycles. The zero-order valence-corrected chi connectivity index (χ0v) is 10.7. The van der Waals surface area contributed by atoms with E-state index in [1.165, 1.54) is 11.3 Å². The van der Waals surface area contributed by atoms with E-state index in [0.29, 0.717) is 6.04 Å². The third kappa shape index (κ3) is 3.51. The Bertz CT molecular complexity index is 297. The maximum Gasteiger partial charge on any atom is 0.0663 e. The summed E-state index contributed by atoms with van der Waals surface area (Å²) in [6.45, 7) is 3.82. The van der Waals surface area contributed by atoms with Crippen molar-refractivity contribution in [3.8, 4) is 0 Å². The van der Waals surface area contributed by atoms with E-state index in [9.17, 15) is 0 Å². The molecule has 3 heteroatoms. The van der Waals surface area contributed by atoms with Gasteiger partial charge in [-0.3, -0.25) is 0 Å². The first kappa shape index (κ1) is 13.0. The lowest BCUT2D eigenvalue weighted by molar-refractivity contribution is 0.183. The lowest BCUT2D eigenvalue weighted by Crippen LogP contribution is -2.32. The van der Waals surface area contributed by atoms with Crippen LogP contribution in [0.4, 0.5) is 5.69 Å². The van der Waals surface area contributed by atoms with Gasteiger partial charge >= 0.3 is 0 Å². The van der Waals surface area contributed by atoms with Gasteiger partial charge in [-0.2, -0.15) is 0 Å². The molecule has 1 unspecified atom stereocenters. The predicted molar refractivity (Wildman–Crippen MR) is 68.9 cm³/mol. The summed E-state index contributed by atoms with van der Waals surface area (Å²) in [5.41, 5.74) is 2.53. The Morgan fingerprint density at radius 1 is 1.31 bits per heavy atom. The van der Waals surface area contributed by atoms with E-state index in [-0.39, 0.29) is 0 Å². The Labute approximate surface area is 98.4 Å². The molecule has 1 aromatic carbocycles. The second-order valence-corrected chi connectivity index (χ2v) is 4.11. The number of nitrogens with zero attached hydrogens (tertiary/aromatic N) is 1. The van der Waals surface area contributed by atoms with E-state index in [0.717, 1.165) is 13.2 Å². The van der Waals surface area contributed by atoms with Crippen molar-refractivity contribution >= 4 is 5.69 Å². The SMILES string of the molecule is CNCc1ccc(N(C)C(C)COC)cc1. The van der Waals surface area contributed by atoms with Crippen molar-refractivity contribution in [3.05, 3.63) is 29.8 Å². The molecule has 16 heavy (non-hydrogen) atoms. The van der Waals surface area contributed by atoms with Gasteiger partial charge in [-0.25, -0.2) is 0 Å². The van der Waals surface area contributed by atoms with Gasteiger partial charge in [-0.1, -0.05) is 12.1 Å². The fraction of sp³-hybridized carbons (Fsp3) is 0.538. The third-order valence-corrected chi connectivity index (χ3v) is 2.79. The molecule has 0 fully saturated rings. The topological polar surface area (TPSA) is 24.5 Å². The molecular weight excluding hydrogens is 200 g/mol.